The molecule has 14 heteroatoms. The van der Waals surface area contributed by atoms with Gasteiger partial charge in [0.2, 0.25) is 0 Å². The average molecular weight is 1500 g/mol. The minimum atomic E-state index is -2.69. The van der Waals surface area contributed by atoms with Crippen molar-refractivity contribution in [2.45, 2.75) is 103 Å². The molecule has 92 heavy (non-hydrogen) atoms. The molecule has 1 atom stereocenters. The Morgan fingerprint density at radius 1 is 0.348 bits per heavy atom. The van der Waals surface area contributed by atoms with Crippen molar-refractivity contribution in [2.24, 2.45) is 0 Å². The molecular formula is C78H84O10Se4. The summed E-state index contributed by atoms with van der Waals surface area (Å²) in [6.45, 7) is 27.4. The summed E-state index contributed by atoms with van der Waals surface area (Å²) in [6, 6.07) is 63.5. The number of methoxy groups -OCH3 is 1. The van der Waals surface area contributed by atoms with Gasteiger partial charge in [0.1, 0.15) is 0 Å². The average Bonchev–Trinajstić information content (AvgIpc) is 0.830. The number of ether oxygens (including phenoxy) is 5. The summed E-state index contributed by atoms with van der Waals surface area (Å²) < 4.78 is 75.7. The summed E-state index contributed by atoms with van der Waals surface area (Å²) in [7, 11) is 1.57. The Balaban J connectivity index is 0.000000183. The Morgan fingerprint density at radius 3 is 0.946 bits per heavy atom. The van der Waals surface area contributed by atoms with Crippen LogP contribution in [0.4, 0.5) is 0 Å². The monoisotopic (exact) mass is 1500 g/mol. The molecule has 0 radical (unpaired) electrons. The number of hydrogen-bond acceptors (Lipinski definition) is 10. The molecule has 0 bridgehead atoms. The van der Waals surface area contributed by atoms with Crippen molar-refractivity contribution >= 4 is 92.2 Å². The van der Waals surface area contributed by atoms with Gasteiger partial charge in [-0.15, -0.1) is 0 Å². The van der Waals surface area contributed by atoms with Crippen LogP contribution in [0.1, 0.15) is 84.8 Å². The maximum atomic E-state index is 14.2. The van der Waals surface area contributed by atoms with E-state index in [9.17, 15) is 21.7 Å². The first kappa shape index (κ1) is 71.9. The van der Waals surface area contributed by atoms with Gasteiger partial charge in [-0.2, -0.15) is 0 Å². The van der Waals surface area contributed by atoms with Gasteiger partial charge < -0.3 is 0 Å². The van der Waals surface area contributed by atoms with Crippen LogP contribution in [0.15, 0.2) is 194 Å². The summed E-state index contributed by atoms with van der Waals surface area (Å²) in [4.78, 5) is 0. The first-order valence-electron chi connectivity index (χ1n) is 30.2. The van der Waals surface area contributed by atoms with Gasteiger partial charge in [0.05, 0.1) is 0 Å². The molecule has 0 aliphatic carbocycles. The molecule has 2 N–H and O–H groups in total. The predicted octanol–water partition coefficient (Wildman–Crippen LogP) is 11.7. The van der Waals surface area contributed by atoms with Crippen LogP contribution in [0.3, 0.4) is 0 Å². The summed E-state index contributed by atoms with van der Waals surface area (Å²) in [5.41, 5.74) is 14.4. The first-order valence-corrected chi connectivity index (χ1v) is 39.2. The summed E-state index contributed by atoms with van der Waals surface area (Å²) in [5, 5.41) is 20.3. The van der Waals surface area contributed by atoms with Crippen LogP contribution in [0.5, 0.6) is 34.5 Å². The van der Waals surface area contributed by atoms with Crippen LogP contribution in [-0.2, 0) is 29.5 Å². The van der Waals surface area contributed by atoms with Crippen molar-refractivity contribution in [3.63, 3.8) is 0 Å². The summed E-state index contributed by atoms with van der Waals surface area (Å²) in [6.07, 6.45) is 0. The second kappa shape index (κ2) is 34.9. The third-order valence-corrected chi connectivity index (χ3v) is 25.4. The molecule has 10 rings (SSSR count). The number of aromatic hydroxyl groups is 2. The molecule has 0 heterocycles. The first-order chi connectivity index (χ1) is 44.1. The Labute approximate surface area is 563 Å². The van der Waals surface area contributed by atoms with Gasteiger partial charge in [0.25, 0.3) is 0 Å². The summed E-state index contributed by atoms with van der Waals surface area (Å²) >= 11 is -7.39. The molecule has 0 saturated carbocycles. The third-order valence-electron chi connectivity index (χ3n) is 14.4. The molecule has 0 aromatic heterocycles. The van der Waals surface area contributed by atoms with Crippen LogP contribution in [0.25, 0.3) is 0 Å². The zero-order valence-electron chi connectivity index (χ0n) is 55.1. The van der Waals surface area contributed by atoms with Gasteiger partial charge in [-0.1, -0.05) is 0 Å². The molecular weight excluding hydrogens is 1410 g/mol. The molecule has 10 aromatic rings. The van der Waals surface area contributed by atoms with Gasteiger partial charge in [0, 0.05) is 0 Å². The van der Waals surface area contributed by atoms with Crippen LogP contribution in [-0.4, -0.2) is 87.2 Å². The molecule has 0 amide bonds. The topological polar surface area (TPSA) is 138 Å². The quantitative estimate of drug-likeness (QED) is 0.0594. The van der Waals surface area contributed by atoms with E-state index in [-0.39, 0.29) is 21.7 Å². The van der Waals surface area contributed by atoms with Crippen LogP contribution >= 0.6 is 0 Å². The van der Waals surface area contributed by atoms with Gasteiger partial charge in [-0.25, -0.2) is 0 Å². The fourth-order valence-corrected chi connectivity index (χ4v) is 21.8. The normalized spacial score (nSPS) is 11.1. The fourth-order valence-electron chi connectivity index (χ4n) is 10.3. The molecule has 0 fully saturated rings. The Kier molecular flexibility index (Phi) is 27.3. The molecule has 10 aromatic carbocycles. The standard InChI is InChI=1S/C30H30O3Se.C20H26O4Se.C16H18O2Se.C12H10OSe/c1-21-15-23(3)29(32-19-25-11-7-5-8-12-25)27(17-21)34(31)28-18-22(2)16-24(4)30(28)33-20-26-13-9-6-10-14-26;1-7-23-19-15(4)8-13(2)10-17(19)25(21)18-11-14(3)9-16(5)20(18)24-12-22-6;1-9-5-11(3)15(17)13(7-9)19-14-8-10(2)6-12(4)16(14)18;13-14(11-7-3-1-4-8-11)12-9-5-2-6-10-12/h5-18H,19-20H2,1-4H3;8-11H,7,12H2,1-6H3;5-8,17-18H,1-4H3;1-10H. The fraction of sp³-hybridized carbons (Fsp3) is 0.231. The van der Waals surface area contributed by atoms with Crippen molar-refractivity contribution in [1.82, 2.24) is 0 Å². The molecule has 480 valence electrons. The maximum absolute atomic E-state index is 14.2. The van der Waals surface area contributed by atoms with Crippen LogP contribution in [0, 0.1) is 83.1 Å². The van der Waals surface area contributed by atoms with Gasteiger partial charge >= 0.3 is 568 Å². The van der Waals surface area contributed by atoms with E-state index >= 15 is 0 Å². The second-order valence-electron chi connectivity index (χ2n) is 22.6. The van der Waals surface area contributed by atoms with Gasteiger partial charge in [-0.05, 0) is 0 Å². The van der Waals surface area contributed by atoms with E-state index in [0.29, 0.717) is 48.6 Å². The molecule has 1 unspecified atom stereocenters. The van der Waals surface area contributed by atoms with E-state index < -0.39 is 41.5 Å². The van der Waals surface area contributed by atoms with E-state index in [0.717, 1.165) is 119 Å². The Hall–Kier alpha value is -7.56. The van der Waals surface area contributed by atoms with Crippen molar-refractivity contribution < 1.29 is 45.4 Å². The van der Waals surface area contributed by atoms with Gasteiger partial charge in [-0.3, -0.25) is 0 Å². The third kappa shape index (κ3) is 20.0. The van der Waals surface area contributed by atoms with Gasteiger partial charge in [0.15, 0.2) is 0 Å². The number of phenolic OH excluding ortho intramolecular Hbond substituents is 2. The van der Waals surface area contributed by atoms with Crippen molar-refractivity contribution in [1.29, 1.82) is 0 Å². The number of phenols is 2. The zero-order chi connectivity index (χ0) is 66.6. The van der Waals surface area contributed by atoms with Crippen molar-refractivity contribution in [3.05, 3.63) is 272 Å². The van der Waals surface area contributed by atoms with E-state index in [1.54, 1.807) is 7.11 Å². The molecule has 0 saturated heterocycles. The second-order valence-corrected chi connectivity index (χ2v) is 33.9. The summed E-state index contributed by atoms with van der Waals surface area (Å²) in [5.74, 6) is 3.50. The van der Waals surface area contributed by atoms with E-state index in [1.165, 1.54) is 0 Å². The number of rotatable bonds is 19. The number of benzene rings is 10. The van der Waals surface area contributed by atoms with Crippen molar-refractivity contribution in [3.8, 4) is 34.5 Å². The Morgan fingerprint density at radius 2 is 0.630 bits per heavy atom. The van der Waals surface area contributed by atoms with Crippen LogP contribution < -0.4 is 54.6 Å². The SMILES string of the molecule is CCOc1c(C)cc(C)cc1[Se](=O)c1cc(C)cc(C)c1OCOC.Cc1cc(C)c(O)c([Se]c2cc(C)cc(C)c2O)c1.Cc1cc(C)c(OCc2ccccc2)c([Se](=O)c2cc(C)cc(C)c2OCc2ccccc2)c1.O=[Se](c1ccccc1)c1ccccc1. The molecule has 0 aliphatic rings. The van der Waals surface area contributed by atoms with E-state index in [1.807, 2.05) is 266 Å². The minimum absolute atomic E-state index is 0.0955. The molecule has 10 nitrogen and oxygen atoms in total. The number of hydrogen-bond donors (Lipinski definition) is 2. The van der Waals surface area contributed by atoms with Crippen LogP contribution in [0.2, 0.25) is 0 Å². The number of aryl methyl sites for hydroxylation is 12. The molecule has 0 spiro atoms. The Bertz CT molecular complexity index is 3980. The van der Waals surface area contributed by atoms with E-state index in [2.05, 4.69) is 18.2 Å². The van der Waals surface area contributed by atoms with E-state index in [4.69, 9.17) is 23.7 Å². The zero-order valence-corrected chi connectivity index (χ0v) is 61.9. The molecule has 0 aliphatic heterocycles. The van der Waals surface area contributed by atoms with Crippen molar-refractivity contribution in [2.75, 3.05) is 20.5 Å². The predicted molar refractivity (Wildman–Crippen MR) is 379 cm³/mol.